The van der Waals surface area contributed by atoms with Crippen molar-refractivity contribution in [3.8, 4) is 0 Å². The number of halogens is 3. The second-order valence-electron chi connectivity index (χ2n) is 4.75. The molecule has 114 valence electrons. The van der Waals surface area contributed by atoms with Gasteiger partial charge in [-0.15, -0.1) is 0 Å². The molecule has 3 N–H and O–H groups in total. The summed E-state index contributed by atoms with van der Waals surface area (Å²) in [6, 6.07) is 6.28. The molecule has 0 saturated carbocycles. The zero-order valence-corrected chi connectivity index (χ0v) is 17.2. The molecule has 4 nitrogen and oxygen atoms in total. The molecule has 0 aliphatic carbocycles. The Hall–Kier alpha value is 0.0400. The SMILES string of the molecule is CCn1nc(C)c(Br)c1CC(NN)c1cc(I)ccc1Br. The van der Waals surface area contributed by atoms with Crippen molar-refractivity contribution in [3.05, 3.63) is 47.7 Å². The van der Waals surface area contributed by atoms with E-state index in [-0.39, 0.29) is 6.04 Å². The molecular weight excluding hydrogens is 511 g/mol. The summed E-state index contributed by atoms with van der Waals surface area (Å²) in [7, 11) is 0. The maximum absolute atomic E-state index is 5.80. The second-order valence-corrected chi connectivity index (χ2v) is 7.64. The minimum Gasteiger partial charge on any atom is -0.271 e. The van der Waals surface area contributed by atoms with E-state index in [9.17, 15) is 0 Å². The summed E-state index contributed by atoms with van der Waals surface area (Å²) in [5, 5.41) is 4.54. The van der Waals surface area contributed by atoms with E-state index >= 15 is 0 Å². The number of benzene rings is 1. The summed E-state index contributed by atoms with van der Waals surface area (Å²) in [4.78, 5) is 0. The Morgan fingerprint density at radius 1 is 1.43 bits per heavy atom. The van der Waals surface area contributed by atoms with Crippen LogP contribution in [0.2, 0.25) is 0 Å². The number of nitrogens with one attached hydrogen (secondary N) is 1. The van der Waals surface area contributed by atoms with Crippen LogP contribution in [0.5, 0.6) is 0 Å². The molecule has 0 amide bonds. The molecule has 2 aromatic rings. The Kier molecular flexibility index (Phi) is 6.25. The standard InChI is InChI=1S/C14H17Br2IN4/c1-3-21-13(14(16)8(2)20-21)7-12(19-18)10-6-9(17)4-5-11(10)15/h4-6,12,19H,3,7,18H2,1-2H3. The van der Waals surface area contributed by atoms with Crippen molar-refractivity contribution in [3.63, 3.8) is 0 Å². The van der Waals surface area contributed by atoms with Crippen molar-refractivity contribution in [1.29, 1.82) is 0 Å². The molecule has 1 unspecified atom stereocenters. The van der Waals surface area contributed by atoms with Gasteiger partial charge in [0.1, 0.15) is 0 Å². The van der Waals surface area contributed by atoms with Crippen LogP contribution in [-0.2, 0) is 13.0 Å². The van der Waals surface area contributed by atoms with Crippen LogP contribution in [0.4, 0.5) is 0 Å². The van der Waals surface area contributed by atoms with Gasteiger partial charge in [-0.2, -0.15) is 5.10 Å². The molecule has 0 bridgehead atoms. The van der Waals surface area contributed by atoms with E-state index < -0.39 is 0 Å². The second kappa shape index (κ2) is 7.54. The Balaban J connectivity index is 2.38. The maximum Gasteiger partial charge on any atom is 0.0738 e. The van der Waals surface area contributed by atoms with Crippen molar-refractivity contribution < 1.29 is 0 Å². The van der Waals surface area contributed by atoms with Gasteiger partial charge in [-0.25, -0.2) is 0 Å². The van der Waals surface area contributed by atoms with Crippen LogP contribution in [0.3, 0.4) is 0 Å². The van der Waals surface area contributed by atoms with Gasteiger partial charge in [0.2, 0.25) is 0 Å². The number of nitrogens with zero attached hydrogens (tertiary/aromatic N) is 2. The van der Waals surface area contributed by atoms with Gasteiger partial charge in [-0.05, 0) is 76.1 Å². The van der Waals surface area contributed by atoms with Gasteiger partial charge in [0.15, 0.2) is 0 Å². The highest BCUT2D eigenvalue weighted by Gasteiger charge is 2.20. The van der Waals surface area contributed by atoms with Crippen LogP contribution in [-0.4, -0.2) is 9.78 Å². The number of aryl methyl sites for hydroxylation is 2. The van der Waals surface area contributed by atoms with Gasteiger partial charge in [-0.1, -0.05) is 15.9 Å². The highest BCUT2D eigenvalue weighted by Crippen LogP contribution is 2.30. The van der Waals surface area contributed by atoms with Gasteiger partial charge >= 0.3 is 0 Å². The summed E-state index contributed by atoms with van der Waals surface area (Å²) in [6.07, 6.45) is 0.768. The summed E-state index contributed by atoms with van der Waals surface area (Å²) < 4.78 is 5.32. The van der Waals surface area contributed by atoms with E-state index in [1.165, 1.54) is 3.57 Å². The minimum absolute atomic E-state index is 0.0202. The number of hydrazine groups is 1. The van der Waals surface area contributed by atoms with Crippen molar-refractivity contribution in [2.75, 3.05) is 0 Å². The third-order valence-electron chi connectivity index (χ3n) is 3.38. The van der Waals surface area contributed by atoms with Crippen LogP contribution in [0.25, 0.3) is 0 Å². The fourth-order valence-corrected chi connectivity index (χ4v) is 3.78. The fourth-order valence-electron chi connectivity index (χ4n) is 2.30. The van der Waals surface area contributed by atoms with Gasteiger partial charge in [0, 0.05) is 21.0 Å². The predicted octanol–water partition coefficient (Wildman–Crippen LogP) is 4.09. The van der Waals surface area contributed by atoms with Gasteiger partial charge in [0.05, 0.1) is 21.9 Å². The number of aromatic nitrogens is 2. The molecule has 1 aromatic heterocycles. The molecule has 0 saturated heterocycles. The number of rotatable bonds is 5. The molecule has 1 atom stereocenters. The Morgan fingerprint density at radius 2 is 2.14 bits per heavy atom. The van der Waals surface area contributed by atoms with Crippen LogP contribution < -0.4 is 11.3 Å². The van der Waals surface area contributed by atoms with E-state index in [0.29, 0.717) is 0 Å². The smallest absolute Gasteiger partial charge is 0.0738 e. The monoisotopic (exact) mass is 526 g/mol. The lowest BCUT2D eigenvalue weighted by Gasteiger charge is -2.19. The maximum atomic E-state index is 5.80. The highest BCUT2D eigenvalue weighted by molar-refractivity contribution is 14.1. The lowest BCUT2D eigenvalue weighted by molar-refractivity contribution is 0.514. The van der Waals surface area contributed by atoms with Gasteiger partial charge < -0.3 is 0 Å². The highest BCUT2D eigenvalue weighted by atomic mass is 127. The molecule has 2 rings (SSSR count). The van der Waals surface area contributed by atoms with E-state index in [4.69, 9.17) is 5.84 Å². The zero-order chi connectivity index (χ0) is 15.6. The molecule has 0 fully saturated rings. The van der Waals surface area contributed by atoms with Crippen molar-refractivity contribution in [2.45, 2.75) is 32.9 Å². The van der Waals surface area contributed by atoms with Gasteiger partial charge in [-0.3, -0.25) is 16.0 Å². The Morgan fingerprint density at radius 3 is 2.76 bits per heavy atom. The molecule has 1 aromatic carbocycles. The van der Waals surface area contributed by atoms with Crippen LogP contribution in [0, 0.1) is 10.5 Å². The summed E-state index contributed by atoms with van der Waals surface area (Å²) >= 11 is 9.56. The predicted molar refractivity (Wildman–Crippen MR) is 101 cm³/mol. The number of hydrogen-bond donors (Lipinski definition) is 2. The first-order valence-electron chi connectivity index (χ1n) is 6.60. The lowest BCUT2D eigenvalue weighted by atomic mass is 10.0. The van der Waals surface area contributed by atoms with E-state index in [2.05, 4.69) is 90.1 Å². The van der Waals surface area contributed by atoms with Crippen molar-refractivity contribution >= 4 is 54.5 Å². The largest absolute Gasteiger partial charge is 0.271 e. The van der Waals surface area contributed by atoms with Crippen molar-refractivity contribution in [1.82, 2.24) is 15.2 Å². The molecule has 0 radical (unpaired) electrons. The quantitative estimate of drug-likeness (QED) is 0.350. The zero-order valence-electron chi connectivity index (χ0n) is 11.8. The first-order chi connectivity index (χ1) is 9.97. The molecule has 7 heteroatoms. The summed E-state index contributed by atoms with van der Waals surface area (Å²) in [6.45, 7) is 4.94. The lowest BCUT2D eigenvalue weighted by Crippen LogP contribution is -2.30. The third kappa shape index (κ3) is 3.87. The van der Waals surface area contributed by atoms with E-state index in [1.807, 2.05) is 11.6 Å². The fraction of sp³-hybridized carbons (Fsp3) is 0.357. The summed E-state index contributed by atoms with van der Waals surface area (Å²) in [5.41, 5.74) is 6.24. The first kappa shape index (κ1) is 17.4. The average Bonchev–Trinajstić information content (AvgIpc) is 2.74. The molecule has 21 heavy (non-hydrogen) atoms. The van der Waals surface area contributed by atoms with Crippen molar-refractivity contribution in [2.24, 2.45) is 5.84 Å². The molecular formula is C14H17Br2IN4. The third-order valence-corrected chi connectivity index (χ3v) is 5.81. The number of nitrogens with two attached hydrogens (primary N) is 1. The number of hydrogen-bond acceptors (Lipinski definition) is 3. The molecule has 0 aliphatic heterocycles. The summed E-state index contributed by atoms with van der Waals surface area (Å²) in [5.74, 6) is 5.80. The Bertz CT molecular complexity index is 642. The van der Waals surface area contributed by atoms with E-state index in [0.717, 1.165) is 38.9 Å². The van der Waals surface area contributed by atoms with Crippen LogP contribution in [0.15, 0.2) is 27.1 Å². The van der Waals surface area contributed by atoms with Crippen LogP contribution >= 0.6 is 54.5 Å². The first-order valence-corrected chi connectivity index (χ1v) is 9.27. The Labute approximate surface area is 155 Å². The normalized spacial score (nSPS) is 12.7. The van der Waals surface area contributed by atoms with Crippen LogP contribution in [0.1, 0.15) is 29.9 Å². The van der Waals surface area contributed by atoms with Gasteiger partial charge in [0.25, 0.3) is 0 Å². The topological polar surface area (TPSA) is 55.9 Å². The van der Waals surface area contributed by atoms with E-state index in [1.54, 1.807) is 0 Å². The minimum atomic E-state index is 0.0202. The molecule has 0 aliphatic rings. The molecule has 1 heterocycles. The average molecular weight is 528 g/mol. The molecule has 0 spiro atoms.